The van der Waals surface area contributed by atoms with E-state index in [-0.39, 0.29) is 36.2 Å². The van der Waals surface area contributed by atoms with E-state index in [1.807, 2.05) is 27.7 Å². The van der Waals surface area contributed by atoms with Gasteiger partial charge in [-0.3, -0.25) is 0 Å². The molecule has 0 aromatic carbocycles. The van der Waals surface area contributed by atoms with Crippen LogP contribution in [-0.2, 0) is 14.0 Å². The molecule has 5 nitrogen and oxygen atoms in total. The zero-order chi connectivity index (χ0) is 17.4. The normalized spacial score (nSPS) is 22.2. The highest BCUT2D eigenvalue weighted by Crippen LogP contribution is 2.36. The predicted molar refractivity (Wildman–Crippen MR) is 77.3 cm³/mol. The molecule has 2 rings (SSSR count). The summed E-state index contributed by atoms with van der Waals surface area (Å²) < 4.78 is 45.9. The minimum atomic E-state index is -0.873. The Morgan fingerprint density at radius 2 is 1.85 bits per heavy atom. The third-order valence-electron chi connectivity index (χ3n) is 3.58. The number of rotatable bonds is 5. The maximum absolute atomic E-state index is 8.06. The molecule has 0 saturated carbocycles. The molecule has 0 N–H and O–H groups in total. The second-order valence-electron chi connectivity index (χ2n) is 5.61. The standard InChI is InChI=1S/C14H22BNO4/c1-13(2)14(3,4)20-15(19-13)11-7-6-8-12(16-11)18-10-9-17-5/h6-8H,9-10H2,1-5H3/i6D,7D,8D. The van der Waals surface area contributed by atoms with Gasteiger partial charge in [0.15, 0.2) is 0 Å². The summed E-state index contributed by atoms with van der Waals surface area (Å²) in [6.07, 6.45) is 0. The number of hydrogen-bond donors (Lipinski definition) is 0. The van der Waals surface area contributed by atoms with Crippen LogP contribution < -0.4 is 10.3 Å². The molecular weight excluding hydrogens is 257 g/mol. The highest BCUT2D eigenvalue weighted by atomic mass is 16.7. The van der Waals surface area contributed by atoms with Gasteiger partial charge in [-0.2, -0.15) is 0 Å². The molecule has 0 unspecified atom stereocenters. The molecule has 6 heteroatoms. The molecule has 1 aromatic heterocycles. The molecule has 1 aliphatic heterocycles. The number of methoxy groups -OCH3 is 1. The van der Waals surface area contributed by atoms with Gasteiger partial charge in [-0.25, -0.2) is 4.98 Å². The molecule has 110 valence electrons. The molecule has 1 aromatic rings. The fraction of sp³-hybridized carbons (Fsp3) is 0.643. The van der Waals surface area contributed by atoms with Gasteiger partial charge in [0.1, 0.15) is 6.61 Å². The third kappa shape index (κ3) is 3.14. The fourth-order valence-corrected chi connectivity index (χ4v) is 1.67. The first kappa shape index (κ1) is 11.5. The SMILES string of the molecule is [2H]c1c(OCCOC)nc(B2OC(C)(C)C(C)(C)O2)c([2H])c1[2H]. The summed E-state index contributed by atoms with van der Waals surface area (Å²) in [5.74, 6) is -0.0206. The zero-order valence-corrected chi connectivity index (χ0v) is 12.6. The van der Waals surface area contributed by atoms with Crippen LogP contribution in [0.25, 0.3) is 0 Å². The molecule has 0 radical (unpaired) electrons. The van der Waals surface area contributed by atoms with Gasteiger partial charge in [-0.15, -0.1) is 0 Å². The Kier molecular flexibility index (Phi) is 3.30. The van der Waals surface area contributed by atoms with E-state index in [0.717, 1.165) is 0 Å². The monoisotopic (exact) mass is 282 g/mol. The van der Waals surface area contributed by atoms with Crippen molar-refractivity contribution in [2.24, 2.45) is 0 Å². The molecule has 1 aliphatic rings. The molecule has 0 atom stereocenters. The smallest absolute Gasteiger partial charge is 0.475 e. The average molecular weight is 282 g/mol. The van der Waals surface area contributed by atoms with Crippen LogP contribution >= 0.6 is 0 Å². The first-order valence-electron chi connectivity index (χ1n) is 8.06. The van der Waals surface area contributed by atoms with Crippen LogP contribution in [0, 0.1) is 0 Å². The Balaban J connectivity index is 2.36. The van der Waals surface area contributed by atoms with E-state index in [1.54, 1.807) is 0 Å². The lowest BCUT2D eigenvalue weighted by Crippen LogP contribution is -2.41. The maximum Gasteiger partial charge on any atom is 0.514 e. The Labute approximate surface area is 124 Å². The lowest BCUT2D eigenvalue weighted by Gasteiger charge is -2.32. The maximum atomic E-state index is 8.06. The van der Waals surface area contributed by atoms with Crippen molar-refractivity contribution in [1.82, 2.24) is 4.98 Å². The zero-order valence-electron chi connectivity index (χ0n) is 15.6. The van der Waals surface area contributed by atoms with Gasteiger partial charge in [0.05, 0.1) is 27.5 Å². The van der Waals surface area contributed by atoms with Crippen LogP contribution in [0.2, 0.25) is 0 Å². The molecule has 1 saturated heterocycles. The number of aromatic nitrogens is 1. The second-order valence-corrected chi connectivity index (χ2v) is 5.61. The second kappa shape index (κ2) is 5.72. The van der Waals surface area contributed by atoms with Crippen molar-refractivity contribution in [2.75, 3.05) is 20.3 Å². The summed E-state index contributed by atoms with van der Waals surface area (Å²) in [6, 6.07) is -0.684. The minimum absolute atomic E-state index is 0.0206. The minimum Gasteiger partial charge on any atom is -0.475 e. The van der Waals surface area contributed by atoms with Crippen molar-refractivity contribution < 1.29 is 22.9 Å². The number of hydrogen-bond acceptors (Lipinski definition) is 5. The van der Waals surface area contributed by atoms with Crippen LogP contribution in [0.1, 0.15) is 31.8 Å². The fourth-order valence-electron chi connectivity index (χ4n) is 1.67. The molecule has 0 bridgehead atoms. The lowest BCUT2D eigenvalue weighted by molar-refractivity contribution is 0.00578. The van der Waals surface area contributed by atoms with Crippen LogP contribution in [0.15, 0.2) is 18.1 Å². The number of pyridine rings is 1. The summed E-state index contributed by atoms with van der Waals surface area (Å²) in [6.45, 7) is 8.12. The van der Waals surface area contributed by atoms with E-state index in [1.165, 1.54) is 7.11 Å². The van der Waals surface area contributed by atoms with Crippen molar-refractivity contribution >= 4 is 12.7 Å². The topological polar surface area (TPSA) is 49.8 Å². The van der Waals surface area contributed by atoms with E-state index in [0.29, 0.717) is 6.61 Å². The van der Waals surface area contributed by atoms with E-state index >= 15 is 0 Å². The predicted octanol–water partition coefficient (Wildman–Crippen LogP) is 1.41. The summed E-state index contributed by atoms with van der Waals surface area (Å²) in [5.41, 5.74) is -1.01. The van der Waals surface area contributed by atoms with Crippen LogP contribution in [0.5, 0.6) is 5.88 Å². The Hall–Kier alpha value is -1.11. The summed E-state index contributed by atoms with van der Waals surface area (Å²) in [4.78, 5) is 4.19. The lowest BCUT2D eigenvalue weighted by atomic mass is 9.84. The van der Waals surface area contributed by atoms with Crippen molar-refractivity contribution in [1.29, 1.82) is 0 Å². The van der Waals surface area contributed by atoms with Gasteiger partial charge in [0.2, 0.25) is 5.88 Å². The van der Waals surface area contributed by atoms with E-state index < -0.39 is 18.3 Å². The molecule has 0 spiro atoms. The molecule has 0 aliphatic carbocycles. The molecule has 0 amide bonds. The van der Waals surface area contributed by atoms with E-state index in [2.05, 4.69) is 4.98 Å². The number of ether oxygens (including phenoxy) is 2. The van der Waals surface area contributed by atoms with Gasteiger partial charge in [-0.1, -0.05) is 6.04 Å². The summed E-state index contributed by atoms with van der Waals surface area (Å²) in [7, 11) is 0.666. The van der Waals surface area contributed by atoms with Gasteiger partial charge >= 0.3 is 7.12 Å². The van der Waals surface area contributed by atoms with Crippen molar-refractivity contribution in [3.05, 3.63) is 18.1 Å². The van der Waals surface area contributed by atoms with Gasteiger partial charge in [0.25, 0.3) is 0 Å². The van der Waals surface area contributed by atoms with Crippen LogP contribution in [0.3, 0.4) is 0 Å². The van der Waals surface area contributed by atoms with Crippen molar-refractivity contribution in [2.45, 2.75) is 38.9 Å². The molecule has 1 fully saturated rings. The Bertz CT molecular complexity index is 582. The number of nitrogens with zero attached hydrogens (tertiary/aromatic N) is 1. The highest BCUT2D eigenvalue weighted by molar-refractivity contribution is 6.61. The molecule has 20 heavy (non-hydrogen) atoms. The Morgan fingerprint density at radius 1 is 1.20 bits per heavy atom. The van der Waals surface area contributed by atoms with Gasteiger partial charge < -0.3 is 18.8 Å². The van der Waals surface area contributed by atoms with Crippen LogP contribution in [0.4, 0.5) is 0 Å². The summed E-state index contributed by atoms with van der Waals surface area (Å²) >= 11 is 0. The largest absolute Gasteiger partial charge is 0.514 e. The first-order valence-corrected chi connectivity index (χ1v) is 6.56. The molecular formula is C14H22BNO4. The van der Waals surface area contributed by atoms with E-state index in [4.69, 9.17) is 22.9 Å². The van der Waals surface area contributed by atoms with E-state index in [9.17, 15) is 0 Å². The molecule has 2 heterocycles. The van der Waals surface area contributed by atoms with Gasteiger partial charge in [-0.05, 0) is 33.7 Å². The quantitative estimate of drug-likeness (QED) is 0.603. The Morgan fingerprint density at radius 3 is 2.45 bits per heavy atom. The van der Waals surface area contributed by atoms with Crippen molar-refractivity contribution in [3.8, 4) is 5.88 Å². The van der Waals surface area contributed by atoms with Crippen LogP contribution in [-0.4, -0.2) is 43.6 Å². The van der Waals surface area contributed by atoms with Gasteiger partial charge in [0, 0.05) is 13.2 Å². The van der Waals surface area contributed by atoms with Crippen molar-refractivity contribution in [3.63, 3.8) is 0 Å². The third-order valence-corrected chi connectivity index (χ3v) is 3.58. The first-order chi connectivity index (χ1) is 10.6. The summed E-state index contributed by atoms with van der Waals surface area (Å²) in [5, 5.41) is 0. The average Bonchev–Trinajstić information content (AvgIpc) is 2.67. The highest BCUT2D eigenvalue weighted by Gasteiger charge is 2.52.